The van der Waals surface area contributed by atoms with E-state index in [-0.39, 0.29) is 5.91 Å². The van der Waals surface area contributed by atoms with Crippen molar-refractivity contribution >= 4 is 11.6 Å². The van der Waals surface area contributed by atoms with E-state index in [4.69, 9.17) is 5.73 Å². The van der Waals surface area contributed by atoms with Crippen LogP contribution in [-0.2, 0) is 11.3 Å². The van der Waals surface area contributed by atoms with Crippen molar-refractivity contribution < 1.29 is 4.79 Å². The molecular formula is C16H25N3O. The summed E-state index contributed by atoms with van der Waals surface area (Å²) in [6.45, 7) is 2.23. The van der Waals surface area contributed by atoms with Crippen LogP contribution >= 0.6 is 0 Å². The molecule has 1 fully saturated rings. The van der Waals surface area contributed by atoms with E-state index < -0.39 is 0 Å². The number of benzene rings is 1. The number of carbonyl (C=O) groups is 1. The topological polar surface area (TPSA) is 58.4 Å². The molecular weight excluding hydrogens is 250 g/mol. The second-order valence-electron chi connectivity index (χ2n) is 5.80. The summed E-state index contributed by atoms with van der Waals surface area (Å²) < 4.78 is 0. The Bertz CT molecular complexity index is 461. The Labute approximate surface area is 121 Å². The summed E-state index contributed by atoms with van der Waals surface area (Å²) in [6.07, 6.45) is 4.52. The summed E-state index contributed by atoms with van der Waals surface area (Å²) in [6, 6.07) is 8.97. The molecule has 3 N–H and O–H groups in total. The Morgan fingerprint density at radius 2 is 2.15 bits per heavy atom. The third-order valence-electron chi connectivity index (χ3n) is 4.04. The van der Waals surface area contributed by atoms with Crippen LogP contribution in [0.1, 0.15) is 38.2 Å². The fourth-order valence-corrected chi connectivity index (χ4v) is 2.74. The van der Waals surface area contributed by atoms with E-state index in [1.165, 1.54) is 12.8 Å². The number of para-hydroxylation sites is 1. The zero-order chi connectivity index (χ0) is 14.5. The van der Waals surface area contributed by atoms with Crippen molar-refractivity contribution in [1.29, 1.82) is 0 Å². The number of hydrogen-bond donors (Lipinski definition) is 2. The number of hydrogen-bond acceptors (Lipinski definition) is 3. The molecule has 4 nitrogen and oxygen atoms in total. The van der Waals surface area contributed by atoms with Gasteiger partial charge in [-0.25, -0.2) is 0 Å². The number of anilines is 1. The highest BCUT2D eigenvalue weighted by Gasteiger charge is 2.19. The molecule has 0 aliphatic heterocycles. The van der Waals surface area contributed by atoms with Gasteiger partial charge in [0.1, 0.15) is 0 Å². The third-order valence-corrected chi connectivity index (χ3v) is 4.04. The molecule has 0 bridgehead atoms. The van der Waals surface area contributed by atoms with Crippen molar-refractivity contribution in [1.82, 2.24) is 4.90 Å². The van der Waals surface area contributed by atoms with E-state index in [2.05, 4.69) is 17.4 Å². The molecule has 0 spiro atoms. The van der Waals surface area contributed by atoms with Crippen molar-refractivity contribution in [2.45, 2.75) is 51.2 Å². The molecule has 0 aromatic heterocycles. The molecule has 2 unspecified atom stereocenters. The third kappa shape index (κ3) is 3.97. The van der Waals surface area contributed by atoms with Crippen LogP contribution in [0.2, 0.25) is 0 Å². The molecule has 2 rings (SSSR count). The van der Waals surface area contributed by atoms with E-state index in [0.717, 1.165) is 24.1 Å². The van der Waals surface area contributed by atoms with Crippen molar-refractivity contribution in [3.63, 3.8) is 0 Å². The van der Waals surface area contributed by atoms with Crippen LogP contribution < -0.4 is 11.1 Å². The summed E-state index contributed by atoms with van der Waals surface area (Å²) in [5, 5.41) is 3.61. The molecule has 2 atom stereocenters. The molecule has 0 radical (unpaired) electrons. The van der Waals surface area contributed by atoms with Gasteiger partial charge in [-0.3, -0.25) is 4.79 Å². The summed E-state index contributed by atoms with van der Waals surface area (Å²) in [5.41, 5.74) is 8.33. The maximum atomic E-state index is 11.4. The fourth-order valence-electron chi connectivity index (χ4n) is 2.74. The summed E-state index contributed by atoms with van der Waals surface area (Å²) in [5.74, 6) is 0.0829. The summed E-state index contributed by atoms with van der Waals surface area (Å²) in [7, 11) is 1.83. The molecule has 0 heterocycles. The van der Waals surface area contributed by atoms with Gasteiger partial charge in [0.25, 0.3) is 0 Å². The first-order valence-corrected chi connectivity index (χ1v) is 7.38. The second kappa shape index (κ2) is 6.75. The highest BCUT2D eigenvalue weighted by Crippen LogP contribution is 2.24. The minimum Gasteiger partial charge on any atom is -0.382 e. The molecule has 1 amide bonds. The van der Waals surface area contributed by atoms with Gasteiger partial charge < -0.3 is 16.0 Å². The Hall–Kier alpha value is -1.55. The first kappa shape index (κ1) is 14.9. The molecule has 0 saturated heterocycles. The van der Waals surface area contributed by atoms with Gasteiger partial charge in [-0.2, -0.15) is 0 Å². The lowest BCUT2D eigenvalue weighted by Crippen LogP contribution is -2.35. The van der Waals surface area contributed by atoms with Gasteiger partial charge in [0.15, 0.2) is 0 Å². The van der Waals surface area contributed by atoms with Crippen molar-refractivity contribution in [3.8, 4) is 0 Å². The standard InChI is InChI=1S/C16H25N3O/c1-12(20)19(2)11-13-6-3-4-9-16(13)18-15-8-5-7-14(17)10-15/h3-4,6,9,14-15,18H,5,7-8,10-11,17H2,1-2H3. The predicted molar refractivity (Wildman–Crippen MR) is 82.4 cm³/mol. The maximum absolute atomic E-state index is 11.4. The monoisotopic (exact) mass is 275 g/mol. The van der Waals surface area contributed by atoms with Gasteiger partial charge in [0.2, 0.25) is 5.91 Å². The van der Waals surface area contributed by atoms with Crippen LogP contribution in [0.3, 0.4) is 0 Å². The lowest BCUT2D eigenvalue weighted by molar-refractivity contribution is -0.128. The Balaban J connectivity index is 2.05. The zero-order valence-corrected chi connectivity index (χ0v) is 12.4. The van der Waals surface area contributed by atoms with Gasteiger partial charge in [-0.05, 0) is 37.3 Å². The first-order chi connectivity index (χ1) is 9.56. The van der Waals surface area contributed by atoms with Gasteiger partial charge >= 0.3 is 0 Å². The molecule has 1 aromatic carbocycles. The lowest BCUT2D eigenvalue weighted by atomic mass is 9.91. The van der Waals surface area contributed by atoms with Crippen LogP contribution in [0, 0.1) is 0 Å². The average Bonchev–Trinajstić information content (AvgIpc) is 2.41. The number of nitrogens with two attached hydrogens (primary N) is 1. The molecule has 4 heteroatoms. The largest absolute Gasteiger partial charge is 0.382 e. The normalized spacial score (nSPS) is 22.4. The highest BCUT2D eigenvalue weighted by atomic mass is 16.2. The Morgan fingerprint density at radius 1 is 1.40 bits per heavy atom. The molecule has 20 heavy (non-hydrogen) atoms. The maximum Gasteiger partial charge on any atom is 0.219 e. The number of nitrogens with zero attached hydrogens (tertiary/aromatic N) is 1. The van der Waals surface area contributed by atoms with Crippen LogP contribution in [0.25, 0.3) is 0 Å². The number of nitrogens with one attached hydrogen (secondary N) is 1. The lowest BCUT2D eigenvalue weighted by Gasteiger charge is -2.29. The zero-order valence-electron chi connectivity index (χ0n) is 12.4. The molecule has 1 aromatic rings. The number of rotatable bonds is 4. The molecule has 110 valence electrons. The SMILES string of the molecule is CC(=O)N(C)Cc1ccccc1NC1CCCC(N)C1. The quantitative estimate of drug-likeness (QED) is 0.887. The first-order valence-electron chi connectivity index (χ1n) is 7.38. The van der Waals surface area contributed by atoms with Crippen LogP contribution in [-0.4, -0.2) is 29.9 Å². The van der Waals surface area contributed by atoms with Gasteiger partial charge in [-0.15, -0.1) is 0 Å². The molecule has 1 aliphatic carbocycles. The fraction of sp³-hybridized carbons (Fsp3) is 0.562. The van der Waals surface area contributed by atoms with E-state index in [1.807, 2.05) is 19.2 Å². The van der Waals surface area contributed by atoms with Gasteiger partial charge in [0.05, 0.1) is 0 Å². The van der Waals surface area contributed by atoms with E-state index in [0.29, 0.717) is 18.6 Å². The van der Waals surface area contributed by atoms with E-state index in [1.54, 1.807) is 11.8 Å². The van der Waals surface area contributed by atoms with Crippen LogP contribution in [0.4, 0.5) is 5.69 Å². The predicted octanol–water partition coefficient (Wildman–Crippen LogP) is 2.35. The second-order valence-corrected chi connectivity index (χ2v) is 5.80. The van der Waals surface area contributed by atoms with E-state index >= 15 is 0 Å². The smallest absolute Gasteiger partial charge is 0.219 e. The van der Waals surface area contributed by atoms with Crippen LogP contribution in [0.15, 0.2) is 24.3 Å². The number of carbonyl (C=O) groups excluding carboxylic acids is 1. The summed E-state index contributed by atoms with van der Waals surface area (Å²) in [4.78, 5) is 13.1. The Kier molecular flexibility index (Phi) is 5.01. The van der Waals surface area contributed by atoms with Crippen molar-refractivity contribution in [2.24, 2.45) is 5.73 Å². The van der Waals surface area contributed by atoms with E-state index in [9.17, 15) is 4.79 Å². The van der Waals surface area contributed by atoms with Crippen molar-refractivity contribution in [2.75, 3.05) is 12.4 Å². The minimum absolute atomic E-state index is 0.0829. The van der Waals surface area contributed by atoms with Gasteiger partial charge in [-0.1, -0.05) is 18.2 Å². The average molecular weight is 275 g/mol. The Morgan fingerprint density at radius 3 is 2.85 bits per heavy atom. The van der Waals surface area contributed by atoms with Crippen molar-refractivity contribution in [3.05, 3.63) is 29.8 Å². The summed E-state index contributed by atoms with van der Waals surface area (Å²) >= 11 is 0. The molecule has 1 saturated carbocycles. The van der Waals surface area contributed by atoms with Crippen LogP contribution in [0.5, 0.6) is 0 Å². The molecule has 1 aliphatic rings. The highest BCUT2D eigenvalue weighted by molar-refractivity contribution is 5.73. The van der Waals surface area contributed by atoms with Gasteiger partial charge in [0, 0.05) is 38.3 Å². The number of amides is 1. The minimum atomic E-state index is 0.0829.